The van der Waals surface area contributed by atoms with E-state index < -0.39 is 0 Å². The summed E-state index contributed by atoms with van der Waals surface area (Å²) in [5.41, 5.74) is 2.60. The molecule has 4 rings (SSSR count). The number of nitrogens with one attached hydrogen (secondary N) is 1. The second-order valence-electron chi connectivity index (χ2n) is 7.20. The van der Waals surface area contributed by atoms with E-state index in [-0.39, 0.29) is 11.8 Å². The third-order valence-electron chi connectivity index (χ3n) is 5.09. The van der Waals surface area contributed by atoms with Crippen molar-refractivity contribution in [2.75, 3.05) is 42.1 Å². The second-order valence-corrected chi connectivity index (χ2v) is 8.19. The Morgan fingerprint density at radius 2 is 1.58 bits per heavy atom. The predicted molar refractivity (Wildman–Crippen MR) is 125 cm³/mol. The summed E-state index contributed by atoms with van der Waals surface area (Å²) in [6.07, 6.45) is 1.72. The summed E-state index contributed by atoms with van der Waals surface area (Å²) in [7, 11) is 0. The Kier molecular flexibility index (Phi) is 6.84. The zero-order chi connectivity index (χ0) is 21.5. The van der Waals surface area contributed by atoms with Crippen molar-refractivity contribution in [2.45, 2.75) is 5.03 Å². The molecule has 1 saturated heterocycles. The second kappa shape index (κ2) is 10.1. The summed E-state index contributed by atoms with van der Waals surface area (Å²) >= 11 is 1.41. The Morgan fingerprint density at radius 3 is 2.26 bits per heavy atom. The highest BCUT2D eigenvalue weighted by Crippen LogP contribution is 2.21. The van der Waals surface area contributed by atoms with Gasteiger partial charge in [-0.3, -0.25) is 9.59 Å². The predicted octanol–water partition coefficient (Wildman–Crippen LogP) is 3.77. The van der Waals surface area contributed by atoms with Crippen molar-refractivity contribution in [2.24, 2.45) is 0 Å². The van der Waals surface area contributed by atoms with E-state index in [1.165, 1.54) is 11.8 Å². The van der Waals surface area contributed by atoms with Gasteiger partial charge in [0.1, 0.15) is 0 Å². The Bertz CT molecular complexity index is 1000. The molecular formula is C24H24N4O2S. The van der Waals surface area contributed by atoms with Crippen LogP contribution in [0.1, 0.15) is 10.4 Å². The number of carbonyl (C=O) groups excluding carboxylic acids is 2. The van der Waals surface area contributed by atoms with Gasteiger partial charge >= 0.3 is 0 Å². The van der Waals surface area contributed by atoms with Crippen molar-refractivity contribution in [1.82, 2.24) is 9.88 Å². The summed E-state index contributed by atoms with van der Waals surface area (Å²) in [5.74, 6) is 0.342. The highest BCUT2D eigenvalue weighted by atomic mass is 32.2. The average Bonchev–Trinajstić information content (AvgIpc) is 2.84. The van der Waals surface area contributed by atoms with Gasteiger partial charge in [-0.2, -0.15) is 0 Å². The zero-order valence-corrected chi connectivity index (χ0v) is 17.9. The minimum Gasteiger partial charge on any atom is -0.368 e. The summed E-state index contributed by atoms with van der Waals surface area (Å²) in [6, 6.07) is 22.9. The molecule has 158 valence electrons. The van der Waals surface area contributed by atoms with Crippen LogP contribution in [0.3, 0.4) is 0 Å². The number of hydrogen-bond acceptors (Lipinski definition) is 5. The maximum Gasteiger partial charge on any atom is 0.253 e. The quantitative estimate of drug-likeness (QED) is 0.601. The van der Waals surface area contributed by atoms with Gasteiger partial charge in [0, 0.05) is 49.3 Å². The molecule has 0 aliphatic carbocycles. The van der Waals surface area contributed by atoms with Crippen molar-refractivity contribution in [3.05, 3.63) is 84.6 Å². The van der Waals surface area contributed by atoms with Gasteiger partial charge in [-0.1, -0.05) is 36.0 Å². The third-order valence-corrected chi connectivity index (χ3v) is 6.04. The fourth-order valence-corrected chi connectivity index (χ4v) is 4.12. The van der Waals surface area contributed by atoms with Gasteiger partial charge in [0.15, 0.2) is 0 Å². The normalized spacial score (nSPS) is 13.7. The van der Waals surface area contributed by atoms with Gasteiger partial charge in [0.2, 0.25) is 5.91 Å². The highest BCUT2D eigenvalue weighted by Gasteiger charge is 2.22. The van der Waals surface area contributed by atoms with Crippen LogP contribution < -0.4 is 10.2 Å². The molecule has 2 amide bonds. The monoisotopic (exact) mass is 432 g/mol. The molecule has 1 aromatic heterocycles. The van der Waals surface area contributed by atoms with E-state index in [0.717, 1.165) is 35.1 Å². The number of thioether (sulfide) groups is 1. The van der Waals surface area contributed by atoms with Crippen LogP contribution in [-0.2, 0) is 4.79 Å². The molecule has 1 fully saturated rings. The summed E-state index contributed by atoms with van der Waals surface area (Å²) < 4.78 is 0. The summed E-state index contributed by atoms with van der Waals surface area (Å²) in [4.78, 5) is 33.1. The molecule has 1 N–H and O–H groups in total. The van der Waals surface area contributed by atoms with E-state index >= 15 is 0 Å². The van der Waals surface area contributed by atoms with E-state index in [2.05, 4.69) is 15.2 Å². The Morgan fingerprint density at radius 1 is 0.871 bits per heavy atom. The van der Waals surface area contributed by atoms with E-state index in [4.69, 9.17) is 0 Å². The first-order valence-electron chi connectivity index (χ1n) is 10.2. The lowest BCUT2D eigenvalue weighted by Gasteiger charge is -2.36. The van der Waals surface area contributed by atoms with Crippen molar-refractivity contribution < 1.29 is 9.59 Å². The Balaban J connectivity index is 1.26. The van der Waals surface area contributed by atoms with Crippen molar-refractivity contribution in [3.8, 4) is 0 Å². The lowest BCUT2D eigenvalue weighted by molar-refractivity contribution is -0.113. The zero-order valence-electron chi connectivity index (χ0n) is 17.1. The first kappa shape index (κ1) is 20.9. The van der Waals surface area contributed by atoms with E-state index in [1.807, 2.05) is 77.7 Å². The van der Waals surface area contributed by atoms with Crippen LogP contribution in [0.15, 0.2) is 84.0 Å². The average molecular weight is 433 g/mol. The van der Waals surface area contributed by atoms with E-state index in [0.29, 0.717) is 18.8 Å². The van der Waals surface area contributed by atoms with Crippen molar-refractivity contribution in [3.63, 3.8) is 0 Å². The molecule has 0 radical (unpaired) electrons. The molecule has 0 spiro atoms. The topological polar surface area (TPSA) is 65.5 Å². The number of piperazine rings is 1. The molecule has 0 bridgehead atoms. The molecule has 3 aromatic rings. The Hall–Kier alpha value is -3.32. The van der Waals surface area contributed by atoms with Crippen LogP contribution >= 0.6 is 11.8 Å². The standard InChI is InChI=1S/C24H24N4O2S/c29-22(18-31-23-8-4-5-13-25-23)26-20-9-11-21(12-10-20)27-14-16-28(17-15-27)24(30)19-6-2-1-3-7-19/h1-13H,14-18H2,(H,26,29). The molecule has 7 heteroatoms. The van der Waals surface area contributed by atoms with Gasteiger partial charge in [-0.05, 0) is 48.5 Å². The molecule has 1 aliphatic heterocycles. The maximum atomic E-state index is 12.6. The smallest absolute Gasteiger partial charge is 0.253 e. The third kappa shape index (κ3) is 5.64. The number of aromatic nitrogens is 1. The molecule has 6 nitrogen and oxygen atoms in total. The van der Waals surface area contributed by atoms with Crippen molar-refractivity contribution in [1.29, 1.82) is 0 Å². The van der Waals surface area contributed by atoms with Gasteiger partial charge < -0.3 is 15.1 Å². The van der Waals surface area contributed by atoms with Gasteiger partial charge in [0.25, 0.3) is 5.91 Å². The van der Waals surface area contributed by atoms with Crippen LogP contribution in [-0.4, -0.2) is 53.6 Å². The number of pyridine rings is 1. The number of nitrogens with zero attached hydrogens (tertiary/aromatic N) is 3. The fraction of sp³-hybridized carbons (Fsp3) is 0.208. The van der Waals surface area contributed by atoms with Gasteiger partial charge in [0.05, 0.1) is 10.8 Å². The molecule has 0 saturated carbocycles. The summed E-state index contributed by atoms with van der Waals surface area (Å²) in [5, 5.41) is 3.75. The number of carbonyl (C=O) groups is 2. The minimum atomic E-state index is -0.0589. The Labute approximate surface area is 186 Å². The lowest BCUT2D eigenvalue weighted by atomic mass is 10.1. The SMILES string of the molecule is O=C(CSc1ccccn1)Nc1ccc(N2CCN(C(=O)c3ccccc3)CC2)cc1. The molecule has 2 aromatic carbocycles. The lowest BCUT2D eigenvalue weighted by Crippen LogP contribution is -2.48. The maximum absolute atomic E-state index is 12.6. The molecule has 31 heavy (non-hydrogen) atoms. The largest absolute Gasteiger partial charge is 0.368 e. The van der Waals surface area contributed by atoms with E-state index in [1.54, 1.807) is 6.20 Å². The number of anilines is 2. The first-order valence-corrected chi connectivity index (χ1v) is 11.2. The van der Waals surface area contributed by atoms with Crippen molar-refractivity contribution >= 4 is 35.0 Å². The van der Waals surface area contributed by atoms with Crippen LogP contribution in [0.4, 0.5) is 11.4 Å². The number of benzene rings is 2. The molecule has 1 aliphatic rings. The van der Waals surface area contributed by atoms with Gasteiger partial charge in [-0.15, -0.1) is 0 Å². The minimum absolute atomic E-state index is 0.0589. The van der Waals surface area contributed by atoms with Crippen LogP contribution in [0.2, 0.25) is 0 Å². The van der Waals surface area contributed by atoms with Crippen LogP contribution in [0, 0.1) is 0 Å². The van der Waals surface area contributed by atoms with Crippen LogP contribution in [0.5, 0.6) is 0 Å². The first-order chi connectivity index (χ1) is 15.2. The summed E-state index contributed by atoms with van der Waals surface area (Å²) in [6.45, 7) is 2.95. The number of rotatable bonds is 6. The molecule has 0 unspecified atom stereocenters. The van der Waals surface area contributed by atoms with E-state index in [9.17, 15) is 9.59 Å². The molecular weight excluding hydrogens is 408 g/mol. The van der Waals surface area contributed by atoms with Gasteiger partial charge in [-0.25, -0.2) is 4.98 Å². The molecule has 0 atom stereocenters. The fourth-order valence-electron chi connectivity index (χ4n) is 3.46. The number of hydrogen-bond donors (Lipinski definition) is 1. The number of amides is 2. The van der Waals surface area contributed by atoms with Crippen LogP contribution in [0.25, 0.3) is 0 Å². The highest BCUT2D eigenvalue weighted by molar-refractivity contribution is 7.99. The molecule has 2 heterocycles.